The van der Waals surface area contributed by atoms with E-state index >= 15 is 0 Å². The van der Waals surface area contributed by atoms with Crippen LogP contribution >= 0.6 is 0 Å². The van der Waals surface area contributed by atoms with E-state index in [4.69, 9.17) is 14.2 Å². The van der Waals surface area contributed by atoms with Gasteiger partial charge in [-0.15, -0.1) is 0 Å². The average Bonchev–Trinajstić information content (AvgIpc) is 3.35. The van der Waals surface area contributed by atoms with E-state index in [1.54, 1.807) is 26.7 Å². The number of fused-ring (bicyclic) bond motifs is 3. The molecule has 6 rings (SSSR count). The van der Waals surface area contributed by atoms with Crippen LogP contribution in [0.3, 0.4) is 0 Å². The van der Waals surface area contributed by atoms with Gasteiger partial charge in [-0.2, -0.15) is 10.1 Å². The van der Waals surface area contributed by atoms with Gasteiger partial charge in [0.15, 0.2) is 6.10 Å². The lowest BCUT2D eigenvalue weighted by Crippen LogP contribution is -2.32. The standard InChI is InChI=1S/C26H23N5O3/c1-15-6-9-20-19(11-15)23-22(25(34-20)18-8-7-17(32-2)12-21(18)33-3)24(16-5-4-10-27-13-16)31-26(30-23)28-14-29-31/h4-14,24-25H,1-3H3,(H,28,29,30). The maximum Gasteiger partial charge on any atom is 0.226 e. The van der Waals surface area contributed by atoms with E-state index in [1.165, 1.54) is 0 Å². The first-order chi connectivity index (χ1) is 16.7. The number of anilines is 1. The summed E-state index contributed by atoms with van der Waals surface area (Å²) in [6.45, 7) is 2.07. The molecule has 4 heterocycles. The Balaban J connectivity index is 1.64. The molecule has 0 fully saturated rings. The molecule has 2 aromatic heterocycles. The van der Waals surface area contributed by atoms with Crippen molar-refractivity contribution in [3.05, 3.63) is 95.1 Å². The monoisotopic (exact) mass is 453 g/mol. The van der Waals surface area contributed by atoms with Crippen LogP contribution in [0.15, 0.2) is 72.8 Å². The number of nitrogens with zero attached hydrogens (tertiary/aromatic N) is 4. The van der Waals surface area contributed by atoms with Crippen LogP contribution in [0.1, 0.15) is 34.4 Å². The minimum absolute atomic E-state index is 0.270. The quantitative estimate of drug-likeness (QED) is 0.485. The molecule has 8 heteroatoms. The van der Waals surface area contributed by atoms with Gasteiger partial charge in [-0.3, -0.25) is 4.98 Å². The van der Waals surface area contributed by atoms with Gasteiger partial charge in [0.1, 0.15) is 29.6 Å². The van der Waals surface area contributed by atoms with Crippen molar-refractivity contribution in [1.82, 2.24) is 19.7 Å². The van der Waals surface area contributed by atoms with Crippen LogP contribution < -0.4 is 19.5 Å². The molecule has 0 amide bonds. The molecule has 0 spiro atoms. The van der Waals surface area contributed by atoms with Crippen LogP contribution in [0, 0.1) is 6.92 Å². The molecule has 2 aromatic carbocycles. The Kier molecular flexibility index (Phi) is 4.72. The fraction of sp³-hybridized carbons (Fsp3) is 0.192. The maximum absolute atomic E-state index is 6.70. The summed E-state index contributed by atoms with van der Waals surface area (Å²) in [6.07, 6.45) is 4.74. The van der Waals surface area contributed by atoms with E-state index in [2.05, 4.69) is 39.4 Å². The molecule has 2 aliphatic rings. The van der Waals surface area contributed by atoms with Gasteiger partial charge in [0, 0.05) is 35.2 Å². The number of nitrogens with one attached hydrogen (secondary N) is 1. The zero-order valence-corrected chi connectivity index (χ0v) is 19.0. The van der Waals surface area contributed by atoms with Gasteiger partial charge in [-0.1, -0.05) is 17.7 Å². The molecule has 0 saturated carbocycles. The van der Waals surface area contributed by atoms with Gasteiger partial charge in [-0.25, -0.2) is 4.68 Å². The highest BCUT2D eigenvalue weighted by Crippen LogP contribution is 2.52. The lowest BCUT2D eigenvalue weighted by molar-refractivity contribution is 0.217. The summed E-state index contributed by atoms with van der Waals surface area (Å²) in [5, 5.41) is 8.08. The summed E-state index contributed by atoms with van der Waals surface area (Å²) in [6, 6.07) is 15.7. The summed E-state index contributed by atoms with van der Waals surface area (Å²) < 4.78 is 19.8. The number of pyridine rings is 1. The van der Waals surface area contributed by atoms with Crippen molar-refractivity contribution in [2.75, 3.05) is 19.5 Å². The normalized spacial score (nSPS) is 18.2. The minimum Gasteiger partial charge on any atom is -0.497 e. The van der Waals surface area contributed by atoms with E-state index in [9.17, 15) is 0 Å². The Bertz CT molecular complexity index is 1410. The molecule has 0 saturated heterocycles. The van der Waals surface area contributed by atoms with Crippen molar-refractivity contribution >= 4 is 11.6 Å². The predicted octanol–water partition coefficient (Wildman–Crippen LogP) is 4.56. The number of methoxy groups -OCH3 is 2. The molecule has 2 aliphatic heterocycles. The second-order valence-corrected chi connectivity index (χ2v) is 8.28. The first-order valence-electron chi connectivity index (χ1n) is 11.0. The van der Waals surface area contributed by atoms with Crippen LogP contribution in [0.5, 0.6) is 17.2 Å². The number of rotatable bonds is 4. The molecule has 8 nitrogen and oxygen atoms in total. The molecule has 0 radical (unpaired) electrons. The zero-order chi connectivity index (χ0) is 23.2. The van der Waals surface area contributed by atoms with Gasteiger partial charge < -0.3 is 19.5 Å². The lowest BCUT2D eigenvalue weighted by atomic mass is 9.84. The molecule has 34 heavy (non-hydrogen) atoms. The number of aryl methyl sites for hydroxylation is 1. The molecule has 1 N–H and O–H groups in total. The molecule has 170 valence electrons. The summed E-state index contributed by atoms with van der Waals surface area (Å²) in [5.41, 5.74) is 5.97. The lowest BCUT2D eigenvalue weighted by Gasteiger charge is -2.39. The molecular formula is C26H23N5O3. The van der Waals surface area contributed by atoms with Crippen LogP contribution in [0.2, 0.25) is 0 Å². The van der Waals surface area contributed by atoms with Gasteiger partial charge in [0.2, 0.25) is 5.95 Å². The molecule has 2 unspecified atom stereocenters. The Morgan fingerprint density at radius 2 is 1.97 bits per heavy atom. The van der Waals surface area contributed by atoms with Crippen molar-refractivity contribution < 1.29 is 14.2 Å². The Morgan fingerprint density at radius 1 is 1.06 bits per heavy atom. The van der Waals surface area contributed by atoms with Crippen molar-refractivity contribution in [3.63, 3.8) is 0 Å². The van der Waals surface area contributed by atoms with Crippen molar-refractivity contribution in [1.29, 1.82) is 0 Å². The van der Waals surface area contributed by atoms with Crippen molar-refractivity contribution in [2.24, 2.45) is 0 Å². The number of ether oxygens (including phenoxy) is 3. The first kappa shape index (κ1) is 20.3. The fourth-order valence-electron chi connectivity index (χ4n) is 4.74. The van der Waals surface area contributed by atoms with Gasteiger partial charge in [0.25, 0.3) is 0 Å². The summed E-state index contributed by atoms with van der Waals surface area (Å²) in [4.78, 5) is 8.86. The molecule has 0 bridgehead atoms. The highest BCUT2D eigenvalue weighted by Gasteiger charge is 2.42. The minimum atomic E-state index is -0.443. The third-order valence-electron chi connectivity index (χ3n) is 6.29. The van der Waals surface area contributed by atoms with Gasteiger partial charge in [0.05, 0.1) is 19.9 Å². The van der Waals surface area contributed by atoms with E-state index < -0.39 is 6.10 Å². The number of benzene rings is 2. The summed E-state index contributed by atoms with van der Waals surface area (Å²) >= 11 is 0. The Morgan fingerprint density at radius 3 is 2.76 bits per heavy atom. The fourth-order valence-corrected chi connectivity index (χ4v) is 4.74. The second kappa shape index (κ2) is 7.91. The zero-order valence-electron chi connectivity index (χ0n) is 19.0. The largest absolute Gasteiger partial charge is 0.497 e. The maximum atomic E-state index is 6.70. The van der Waals surface area contributed by atoms with Gasteiger partial charge in [-0.05, 0) is 42.8 Å². The third-order valence-corrected chi connectivity index (χ3v) is 6.29. The van der Waals surface area contributed by atoms with Crippen molar-refractivity contribution in [2.45, 2.75) is 19.1 Å². The average molecular weight is 454 g/mol. The molecule has 4 aromatic rings. The van der Waals surface area contributed by atoms with Crippen LogP contribution in [-0.2, 0) is 0 Å². The van der Waals surface area contributed by atoms with E-state index in [-0.39, 0.29) is 6.04 Å². The predicted molar refractivity (Wildman–Crippen MR) is 127 cm³/mol. The second-order valence-electron chi connectivity index (χ2n) is 8.28. The smallest absolute Gasteiger partial charge is 0.226 e. The molecule has 0 aliphatic carbocycles. The van der Waals surface area contributed by atoms with E-state index in [0.717, 1.165) is 39.3 Å². The van der Waals surface area contributed by atoms with E-state index in [0.29, 0.717) is 17.4 Å². The highest BCUT2D eigenvalue weighted by atomic mass is 16.5. The topological polar surface area (TPSA) is 83.3 Å². The highest BCUT2D eigenvalue weighted by molar-refractivity contribution is 5.85. The number of hydrogen-bond donors (Lipinski definition) is 1. The third kappa shape index (κ3) is 3.10. The molecular weight excluding hydrogens is 430 g/mol. The van der Waals surface area contributed by atoms with Crippen LogP contribution in [0.25, 0.3) is 5.70 Å². The van der Waals surface area contributed by atoms with Crippen LogP contribution in [0.4, 0.5) is 5.95 Å². The number of aromatic nitrogens is 4. The Labute approximate surface area is 196 Å². The summed E-state index contributed by atoms with van der Waals surface area (Å²) in [5.74, 6) is 2.85. The van der Waals surface area contributed by atoms with Crippen molar-refractivity contribution in [3.8, 4) is 17.2 Å². The first-order valence-corrected chi connectivity index (χ1v) is 11.0. The van der Waals surface area contributed by atoms with E-state index in [1.807, 2.05) is 47.3 Å². The van der Waals surface area contributed by atoms with Gasteiger partial charge >= 0.3 is 0 Å². The Hall–Kier alpha value is -4.33. The molecule has 2 atom stereocenters. The number of hydrogen-bond acceptors (Lipinski definition) is 7. The SMILES string of the molecule is COc1ccc(C2Oc3ccc(C)cc3C3=C2C(c2cccnc2)n2ncnc2N3)c(OC)c1. The van der Waals surface area contributed by atoms with Crippen LogP contribution in [-0.4, -0.2) is 34.0 Å². The summed E-state index contributed by atoms with van der Waals surface area (Å²) in [7, 11) is 3.29.